The molecular weight excluding hydrogens is 596 g/mol. The van der Waals surface area contributed by atoms with E-state index in [-0.39, 0.29) is 10.6 Å². The third kappa shape index (κ3) is 6.21. The number of carbonyl (C=O) groups is 1. The van der Waals surface area contributed by atoms with E-state index < -0.39 is 22.5 Å². The number of nitrogens with zero attached hydrogens (tertiary/aromatic N) is 3. The van der Waals surface area contributed by atoms with Gasteiger partial charge in [-0.25, -0.2) is 13.8 Å². The van der Waals surface area contributed by atoms with Gasteiger partial charge in [0, 0.05) is 33.2 Å². The molecule has 208 valence electrons. The number of para-hydroxylation sites is 1. The first-order chi connectivity index (χ1) is 19.1. The highest BCUT2D eigenvalue weighted by atomic mass is 79.9. The lowest BCUT2D eigenvalue weighted by atomic mass is 10.2. The number of sulfonamides is 1. The highest BCUT2D eigenvalue weighted by Crippen LogP contribution is 2.32. The van der Waals surface area contributed by atoms with Crippen LogP contribution in [-0.4, -0.2) is 45.9 Å². The van der Waals surface area contributed by atoms with E-state index in [1.807, 2.05) is 44.2 Å². The second-order valence-corrected chi connectivity index (χ2v) is 11.6. The number of hydrogen-bond donors (Lipinski definition) is 1. The van der Waals surface area contributed by atoms with Gasteiger partial charge in [0.15, 0.2) is 11.5 Å². The van der Waals surface area contributed by atoms with Gasteiger partial charge in [-0.2, -0.15) is 5.10 Å². The molecule has 1 heterocycles. The fourth-order valence-electron chi connectivity index (χ4n) is 4.26. The Bertz CT molecular complexity index is 1640. The molecular formula is C29H29BrN4O5S. The molecule has 40 heavy (non-hydrogen) atoms. The number of aromatic nitrogens is 1. The van der Waals surface area contributed by atoms with Crippen molar-refractivity contribution in [3.8, 4) is 17.2 Å². The third-order valence-electron chi connectivity index (χ3n) is 6.22. The molecule has 0 radical (unpaired) electrons. The Morgan fingerprint density at radius 2 is 1.65 bits per heavy atom. The monoisotopic (exact) mass is 624 g/mol. The predicted molar refractivity (Wildman–Crippen MR) is 159 cm³/mol. The van der Waals surface area contributed by atoms with E-state index in [1.54, 1.807) is 36.5 Å². The zero-order valence-electron chi connectivity index (χ0n) is 22.5. The van der Waals surface area contributed by atoms with Crippen LogP contribution in [0.3, 0.4) is 0 Å². The van der Waals surface area contributed by atoms with Gasteiger partial charge in [-0.3, -0.25) is 9.10 Å². The topological polar surface area (TPSA) is 102 Å². The van der Waals surface area contributed by atoms with Crippen LogP contribution in [0.1, 0.15) is 17.0 Å². The van der Waals surface area contributed by atoms with Gasteiger partial charge in [0.25, 0.3) is 15.9 Å². The molecule has 4 aromatic rings. The molecule has 11 heteroatoms. The summed E-state index contributed by atoms with van der Waals surface area (Å²) in [6, 6.07) is 22.6. The summed E-state index contributed by atoms with van der Waals surface area (Å²) in [5.41, 5.74) is 6.56. The summed E-state index contributed by atoms with van der Waals surface area (Å²) in [5, 5.41) is 4.11. The second kappa shape index (κ2) is 12.4. The van der Waals surface area contributed by atoms with Gasteiger partial charge in [-0.05, 0) is 68.4 Å². The number of carbonyl (C=O) groups excluding carboxylic acids is 1. The summed E-state index contributed by atoms with van der Waals surface area (Å²) in [5.74, 6) is 0.0385. The van der Waals surface area contributed by atoms with Crippen molar-refractivity contribution in [3.63, 3.8) is 0 Å². The lowest BCUT2D eigenvalue weighted by Gasteiger charge is -2.24. The lowest BCUT2D eigenvalue weighted by molar-refractivity contribution is -0.119. The van der Waals surface area contributed by atoms with Gasteiger partial charge in [-0.15, -0.1) is 0 Å². The van der Waals surface area contributed by atoms with Crippen LogP contribution in [0.4, 0.5) is 5.69 Å². The number of halogens is 1. The zero-order valence-corrected chi connectivity index (χ0v) is 24.9. The average Bonchev–Trinajstić information content (AvgIpc) is 3.24. The molecule has 1 aromatic heterocycles. The Hall–Kier alpha value is -4.09. The van der Waals surface area contributed by atoms with Crippen LogP contribution in [0, 0.1) is 13.8 Å². The number of methoxy groups -OCH3 is 2. The molecule has 0 fully saturated rings. The molecule has 0 aliphatic heterocycles. The first kappa shape index (κ1) is 28.9. The minimum atomic E-state index is -4.15. The van der Waals surface area contributed by atoms with Gasteiger partial charge in [0.05, 0.1) is 31.0 Å². The number of hydrazone groups is 1. The largest absolute Gasteiger partial charge is 0.493 e. The van der Waals surface area contributed by atoms with Crippen LogP contribution < -0.4 is 19.2 Å². The van der Waals surface area contributed by atoms with E-state index in [4.69, 9.17) is 9.47 Å². The van der Waals surface area contributed by atoms with Gasteiger partial charge < -0.3 is 14.0 Å². The minimum absolute atomic E-state index is 0.0503. The van der Waals surface area contributed by atoms with Crippen molar-refractivity contribution in [2.45, 2.75) is 18.7 Å². The molecule has 0 aliphatic carbocycles. The van der Waals surface area contributed by atoms with E-state index in [1.165, 1.54) is 32.4 Å². The highest BCUT2D eigenvalue weighted by molar-refractivity contribution is 9.10. The van der Waals surface area contributed by atoms with Crippen LogP contribution in [0.2, 0.25) is 0 Å². The van der Waals surface area contributed by atoms with Crippen LogP contribution in [-0.2, 0) is 14.8 Å². The molecule has 0 saturated carbocycles. The van der Waals surface area contributed by atoms with E-state index in [9.17, 15) is 13.2 Å². The van der Waals surface area contributed by atoms with Crippen LogP contribution >= 0.6 is 15.9 Å². The van der Waals surface area contributed by atoms with Crippen LogP contribution in [0.5, 0.6) is 11.5 Å². The number of rotatable bonds is 10. The van der Waals surface area contributed by atoms with Crippen molar-refractivity contribution in [2.75, 3.05) is 25.1 Å². The third-order valence-corrected chi connectivity index (χ3v) is 8.52. The Balaban J connectivity index is 1.56. The maximum Gasteiger partial charge on any atom is 0.264 e. The number of nitrogens with one attached hydrogen (secondary N) is 1. The van der Waals surface area contributed by atoms with Crippen molar-refractivity contribution in [1.29, 1.82) is 0 Å². The van der Waals surface area contributed by atoms with Crippen molar-refractivity contribution in [3.05, 3.63) is 100 Å². The van der Waals surface area contributed by atoms with E-state index >= 15 is 0 Å². The van der Waals surface area contributed by atoms with E-state index in [0.717, 1.165) is 31.4 Å². The second-order valence-electron chi connectivity index (χ2n) is 8.80. The zero-order chi connectivity index (χ0) is 28.9. The molecule has 1 amide bonds. The normalized spacial score (nSPS) is 11.4. The molecule has 0 bridgehead atoms. The minimum Gasteiger partial charge on any atom is -0.493 e. The van der Waals surface area contributed by atoms with Gasteiger partial charge in [0.1, 0.15) is 6.54 Å². The summed E-state index contributed by atoms with van der Waals surface area (Å²) in [7, 11) is -1.26. The van der Waals surface area contributed by atoms with Crippen LogP contribution in [0.25, 0.3) is 5.69 Å². The van der Waals surface area contributed by atoms with Crippen LogP contribution in [0.15, 0.2) is 93.3 Å². The SMILES string of the molecule is COc1ccc(S(=O)(=O)N(CC(=O)N/N=C\c2cc(C)n(-c3ccc(Br)cc3)c2C)c2ccccc2)cc1OC. The summed E-state index contributed by atoms with van der Waals surface area (Å²) in [4.78, 5) is 12.9. The smallest absolute Gasteiger partial charge is 0.264 e. The Morgan fingerprint density at radius 3 is 2.30 bits per heavy atom. The molecule has 4 rings (SSSR count). The Labute approximate surface area is 242 Å². The van der Waals surface area contributed by atoms with Gasteiger partial charge in [-0.1, -0.05) is 34.1 Å². The predicted octanol–water partition coefficient (Wildman–Crippen LogP) is 5.22. The molecule has 0 aliphatic rings. The van der Waals surface area contributed by atoms with E-state index in [2.05, 4.69) is 31.0 Å². The highest BCUT2D eigenvalue weighted by Gasteiger charge is 2.28. The summed E-state index contributed by atoms with van der Waals surface area (Å²) in [6.45, 7) is 3.46. The molecule has 0 unspecified atom stereocenters. The molecule has 0 spiro atoms. The molecule has 1 N–H and O–H groups in total. The lowest BCUT2D eigenvalue weighted by Crippen LogP contribution is -2.39. The fraction of sp³-hybridized carbons (Fsp3) is 0.172. The number of anilines is 1. The Morgan fingerprint density at radius 1 is 0.975 bits per heavy atom. The van der Waals surface area contributed by atoms with Crippen molar-refractivity contribution >= 4 is 43.8 Å². The van der Waals surface area contributed by atoms with Crippen molar-refractivity contribution < 1.29 is 22.7 Å². The summed E-state index contributed by atoms with van der Waals surface area (Å²) < 4.78 is 42.0. The molecule has 0 saturated heterocycles. The molecule has 3 aromatic carbocycles. The number of amides is 1. The standard InChI is InChI=1S/C29H29BrN4O5S/c1-20-16-22(21(2)34(20)25-12-10-23(30)11-13-25)18-31-32-29(35)19-33(24-8-6-5-7-9-24)40(36,37)26-14-15-27(38-3)28(17-26)39-4/h5-18H,19H2,1-4H3,(H,32,35)/b31-18-. The quantitative estimate of drug-likeness (QED) is 0.192. The van der Waals surface area contributed by atoms with Gasteiger partial charge >= 0.3 is 0 Å². The molecule has 9 nitrogen and oxygen atoms in total. The molecule has 0 atom stereocenters. The first-order valence-corrected chi connectivity index (χ1v) is 14.5. The summed E-state index contributed by atoms with van der Waals surface area (Å²) >= 11 is 3.45. The van der Waals surface area contributed by atoms with Crippen molar-refractivity contribution in [2.24, 2.45) is 5.10 Å². The first-order valence-electron chi connectivity index (χ1n) is 12.2. The van der Waals surface area contributed by atoms with Crippen molar-refractivity contribution in [1.82, 2.24) is 9.99 Å². The Kier molecular flexibility index (Phi) is 8.96. The number of ether oxygens (including phenoxy) is 2. The maximum atomic E-state index is 13.7. The number of aryl methyl sites for hydroxylation is 1. The fourth-order valence-corrected chi connectivity index (χ4v) is 5.96. The van der Waals surface area contributed by atoms with E-state index in [0.29, 0.717) is 11.4 Å². The number of benzene rings is 3. The summed E-state index contributed by atoms with van der Waals surface area (Å²) in [6.07, 6.45) is 1.55. The number of hydrogen-bond acceptors (Lipinski definition) is 6. The maximum absolute atomic E-state index is 13.7. The van der Waals surface area contributed by atoms with Gasteiger partial charge in [0.2, 0.25) is 0 Å². The average molecular weight is 626 g/mol.